The molecule has 208 valence electrons. The fraction of sp³-hybridized carbons (Fsp3) is 0.323. The second kappa shape index (κ2) is 11.5. The van der Waals surface area contributed by atoms with Crippen molar-refractivity contribution in [1.82, 2.24) is 19.9 Å². The number of carbonyl (C=O) groups excluding carboxylic acids is 1. The van der Waals surface area contributed by atoms with Crippen LogP contribution < -0.4 is 9.47 Å². The lowest BCUT2D eigenvalue weighted by molar-refractivity contribution is 0.152. The summed E-state index contributed by atoms with van der Waals surface area (Å²) in [6.45, 7) is 11.7. The van der Waals surface area contributed by atoms with E-state index in [1.165, 1.54) is 0 Å². The Hall–Kier alpha value is -4.21. The predicted octanol–water partition coefficient (Wildman–Crippen LogP) is 5.76. The third-order valence-electron chi connectivity index (χ3n) is 6.25. The highest BCUT2D eigenvalue weighted by Gasteiger charge is 2.28. The quantitative estimate of drug-likeness (QED) is 0.231. The van der Waals surface area contributed by atoms with Crippen molar-refractivity contribution >= 4 is 6.16 Å². The average molecular weight is 543 g/mol. The number of aromatic nitrogens is 4. The molecule has 0 saturated heterocycles. The normalized spacial score (nSPS) is 11.8. The van der Waals surface area contributed by atoms with Crippen molar-refractivity contribution < 1.29 is 24.5 Å². The number of hydrogen-bond donors (Lipinski definition) is 2. The molecule has 0 spiro atoms. The molecule has 2 N–H and O–H groups in total. The molecule has 0 bridgehead atoms. The lowest BCUT2D eigenvalue weighted by atomic mass is 9.83. The number of nitrogens with zero attached hydrogens (tertiary/aromatic N) is 4. The summed E-state index contributed by atoms with van der Waals surface area (Å²) in [6, 6.07) is 14.0. The maximum absolute atomic E-state index is 13.3. The van der Waals surface area contributed by atoms with Gasteiger partial charge in [-0.1, -0.05) is 65.8 Å². The molecule has 0 aliphatic carbocycles. The number of aliphatic hydroxyl groups excluding tert-OH is 2. The lowest BCUT2D eigenvalue weighted by Gasteiger charge is -2.25. The first-order valence-electron chi connectivity index (χ1n) is 13.0. The van der Waals surface area contributed by atoms with Crippen LogP contribution in [0.3, 0.4) is 0 Å². The Balaban J connectivity index is 1.78. The van der Waals surface area contributed by atoms with Gasteiger partial charge in [-0.25, -0.2) is 24.7 Å². The molecular formula is C31H34N4O5. The zero-order valence-electron chi connectivity index (χ0n) is 23.6. The summed E-state index contributed by atoms with van der Waals surface area (Å²) in [5.41, 5.74) is 3.00. The van der Waals surface area contributed by atoms with Crippen molar-refractivity contribution in [2.45, 2.75) is 65.6 Å². The molecule has 0 saturated carbocycles. The third-order valence-corrected chi connectivity index (χ3v) is 6.25. The summed E-state index contributed by atoms with van der Waals surface area (Å²) in [4.78, 5) is 31.0. The van der Waals surface area contributed by atoms with E-state index in [9.17, 15) is 15.0 Å². The van der Waals surface area contributed by atoms with Gasteiger partial charge in [-0.05, 0) is 46.2 Å². The highest BCUT2D eigenvalue weighted by molar-refractivity contribution is 5.78. The first kappa shape index (κ1) is 28.8. The Morgan fingerprint density at radius 2 is 1.07 bits per heavy atom. The van der Waals surface area contributed by atoms with Crippen LogP contribution in [0, 0.1) is 0 Å². The lowest BCUT2D eigenvalue weighted by Crippen LogP contribution is -2.19. The van der Waals surface area contributed by atoms with E-state index in [0.717, 1.165) is 11.1 Å². The standard InChI is InChI=1S/C31H34N4O5/c1-30(2,3)21-9-7-11-23(25(21)27-32-15-13-19(17-36)34-27)39-29(38)40-24-12-8-10-22(31(4,5)6)26(24)28-33-16-14-20(18-37)35-28/h7-16,36-37H,17-18H2,1-6H3. The summed E-state index contributed by atoms with van der Waals surface area (Å²) < 4.78 is 11.6. The number of benzene rings is 2. The minimum Gasteiger partial charge on any atom is -0.394 e. The smallest absolute Gasteiger partial charge is 0.394 e. The predicted molar refractivity (Wildman–Crippen MR) is 151 cm³/mol. The van der Waals surface area contributed by atoms with Crippen molar-refractivity contribution in [1.29, 1.82) is 0 Å². The maximum atomic E-state index is 13.3. The zero-order valence-corrected chi connectivity index (χ0v) is 23.6. The van der Waals surface area contributed by atoms with Gasteiger partial charge >= 0.3 is 6.16 Å². The molecule has 9 nitrogen and oxygen atoms in total. The summed E-state index contributed by atoms with van der Waals surface area (Å²) >= 11 is 0. The van der Waals surface area contributed by atoms with Crippen LogP contribution in [0.2, 0.25) is 0 Å². The van der Waals surface area contributed by atoms with Crippen molar-refractivity contribution in [2.24, 2.45) is 0 Å². The minimum absolute atomic E-state index is 0.222. The van der Waals surface area contributed by atoms with E-state index in [1.54, 1.807) is 48.8 Å². The van der Waals surface area contributed by atoms with Gasteiger partial charge in [-0.2, -0.15) is 0 Å². The molecule has 0 unspecified atom stereocenters. The molecule has 2 aromatic carbocycles. The number of carbonyl (C=O) groups is 1. The van der Waals surface area contributed by atoms with Crippen LogP contribution >= 0.6 is 0 Å². The summed E-state index contributed by atoms with van der Waals surface area (Å²) in [6.07, 6.45) is 2.15. The van der Waals surface area contributed by atoms with Gasteiger partial charge < -0.3 is 19.7 Å². The van der Waals surface area contributed by atoms with Gasteiger partial charge in [0.05, 0.1) is 35.7 Å². The van der Waals surface area contributed by atoms with E-state index in [0.29, 0.717) is 34.2 Å². The highest BCUT2D eigenvalue weighted by Crippen LogP contribution is 2.40. The number of rotatable bonds is 6. The molecule has 4 aromatic rings. The molecule has 40 heavy (non-hydrogen) atoms. The molecule has 0 radical (unpaired) electrons. The molecule has 0 fully saturated rings. The third kappa shape index (κ3) is 6.32. The first-order valence-corrected chi connectivity index (χ1v) is 13.0. The first-order chi connectivity index (χ1) is 18.9. The van der Waals surface area contributed by atoms with E-state index in [4.69, 9.17) is 9.47 Å². The molecule has 0 amide bonds. The van der Waals surface area contributed by atoms with Crippen molar-refractivity contribution in [3.8, 4) is 34.3 Å². The van der Waals surface area contributed by atoms with E-state index < -0.39 is 6.16 Å². The van der Waals surface area contributed by atoms with Crippen LogP contribution in [0.4, 0.5) is 4.79 Å². The molecule has 0 aliphatic rings. The minimum atomic E-state index is -0.962. The van der Waals surface area contributed by atoms with Gasteiger partial charge in [-0.3, -0.25) is 0 Å². The highest BCUT2D eigenvalue weighted by atomic mass is 16.7. The van der Waals surface area contributed by atoms with Crippen molar-refractivity contribution in [3.63, 3.8) is 0 Å². The van der Waals surface area contributed by atoms with Gasteiger partial charge in [0.25, 0.3) is 0 Å². The van der Waals surface area contributed by atoms with Crippen LogP contribution in [0.1, 0.15) is 64.1 Å². The van der Waals surface area contributed by atoms with Crippen LogP contribution in [-0.2, 0) is 24.0 Å². The monoisotopic (exact) mass is 542 g/mol. The second-order valence-corrected chi connectivity index (χ2v) is 11.4. The molecule has 0 atom stereocenters. The largest absolute Gasteiger partial charge is 0.519 e. The average Bonchev–Trinajstić information content (AvgIpc) is 2.91. The van der Waals surface area contributed by atoms with Gasteiger partial charge in [0.1, 0.15) is 11.5 Å². The number of aliphatic hydroxyl groups is 2. The van der Waals surface area contributed by atoms with Gasteiger partial charge in [0.15, 0.2) is 11.6 Å². The Morgan fingerprint density at radius 1 is 0.675 bits per heavy atom. The van der Waals surface area contributed by atoms with Gasteiger partial charge in [0, 0.05) is 12.4 Å². The number of hydrogen-bond acceptors (Lipinski definition) is 9. The van der Waals surface area contributed by atoms with Crippen LogP contribution in [0.15, 0.2) is 60.9 Å². The Bertz CT molecular complexity index is 1410. The van der Waals surface area contributed by atoms with E-state index in [-0.39, 0.29) is 35.5 Å². The van der Waals surface area contributed by atoms with Gasteiger partial charge in [-0.15, -0.1) is 0 Å². The van der Waals surface area contributed by atoms with Crippen LogP contribution in [-0.4, -0.2) is 36.3 Å². The van der Waals surface area contributed by atoms with Crippen LogP contribution in [0.25, 0.3) is 22.8 Å². The number of ether oxygens (including phenoxy) is 2. The van der Waals surface area contributed by atoms with E-state index >= 15 is 0 Å². The van der Waals surface area contributed by atoms with Crippen molar-refractivity contribution in [2.75, 3.05) is 0 Å². The Morgan fingerprint density at radius 3 is 1.43 bits per heavy atom. The SMILES string of the molecule is CC(C)(C)c1cccc(OC(=O)Oc2cccc(C(C)(C)C)c2-c2nccc(CO)n2)c1-c1nccc(CO)n1. The second-order valence-electron chi connectivity index (χ2n) is 11.4. The molecule has 0 aliphatic heterocycles. The van der Waals surface area contributed by atoms with E-state index in [1.807, 2.05) is 53.7 Å². The fourth-order valence-electron chi connectivity index (χ4n) is 4.35. The summed E-state index contributed by atoms with van der Waals surface area (Å²) in [5, 5.41) is 19.3. The van der Waals surface area contributed by atoms with Crippen LogP contribution in [0.5, 0.6) is 11.5 Å². The Kier molecular flexibility index (Phi) is 8.27. The molecule has 4 rings (SSSR count). The van der Waals surface area contributed by atoms with E-state index in [2.05, 4.69) is 19.9 Å². The van der Waals surface area contributed by atoms with Crippen molar-refractivity contribution in [3.05, 3.63) is 83.4 Å². The summed E-state index contributed by atoms with van der Waals surface area (Å²) in [7, 11) is 0. The zero-order chi connectivity index (χ0) is 29.1. The maximum Gasteiger partial charge on any atom is 0.519 e. The topological polar surface area (TPSA) is 128 Å². The Labute approximate surface area is 233 Å². The fourth-order valence-corrected chi connectivity index (χ4v) is 4.35. The van der Waals surface area contributed by atoms with Gasteiger partial charge in [0.2, 0.25) is 0 Å². The molecule has 2 aromatic heterocycles. The molecular weight excluding hydrogens is 508 g/mol. The summed E-state index contributed by atoms with van der Waals surface area (Å²) in [5.74, 6) is 1.09. The molecule has 2 heterocycles. The molecule has 9 heteroatoms.